The zero-order valence-electron chi connectivity index (χ0n) is 13.0. The molecule has 0 radical (unpaired) electrons. The number of nitrogens with zero attached hydrogens (tertiary/aromatic N) is 1. The van der Waals surface area contributed by atoms with E-state index in [9.17, 15) is 4.79 Å². The Hall–Kier alpha value is -1.35. The third kappa shape index (κ3) is 7.04. The molecule has 2 rings (SSSR count). The number of aryl methyl sites for hydroxylation is 1. The van der Waals surface area contributed by atoms with Gasteiger partial charge in [-0.15, -0.1) is 23.1 Å². The van der Waals surface area contributed by atoms with Crippen LogP contribution in [0, 0.1) is 6.92 Å². The van der Waals surface area contributed by atoms with Gasteiger partial charge in [-0.25, -0.2) is 4.98 Å². The monoisotopic (exact) mass is 400 g/mol. The van der Waals surface area contributed by atoms with Gasteiger partial charge in [0.15, 0.2) is 5.11 Å². The van der Waals surface area contributed by atoms with Crippen LogP contribution in [0.3, 0.4) is 0 Å². The van der Waals surface area contributed by atoms with Crippen LogP contribution in [0.25, 0.3) is 0 Å². The van der Waals surface area contributed by atoms with Crippen LogP contribution < -0.4 is 16.2 Å². The quantitative estimate of drug-likeness (QED) is 0.300. The zero-order valence-corrected chi connectivity index (χ0v) is 16.2. The molecule has 0 spiro atoms. The summed E-state index contributed by atoms with van der Waals surface area (Å²) in [6.07, 6.45) is 0.237. The highest BCUT2D eigenvalue weighted by Gasteiger charge is 2.06. The first kappa shape index (κ1) is 19.0. The van der Waals surface area contributed by atoms with Gasteiger partial charge in [-0.2, -0.15) is 0 Å². The van der Waals surface area contributed by atoms with Gasteiger partial charge >= 0.3 is 0 Å². The molecule has 1 heterocycles. The first-order valence-electron chi connectivity index (χ1n) is 7.15. The van der Waals surface area contributed by atoms with Crippen molar-refractivity contribution in [3.8, 4) is 0 Å². The number of thiazole rings is 1. The maximum Gasteiger partial charge on any atom is 0.245 e. The molecule has 0 aliphatic carbocycles. The summed E-state index contributed by atoms with van der Waals surface area (Å²) in [7, 11) is 0. The van der Waals surface area contributed by atoms with Crippen LogP contribution in [0.4, 0.5) is 0 Å². The van der Waals surface area contributed by atoms with Crippen LogP contribution in [0.1, 0.15) is 10.7 Å². The van der Waals surface area contributed by atoms with Crippen LogP contribution in [0.15, 0.2) is 34.5 Å². The number of nitrogens with one attached hydrogen (secondary N) is 3. The molecule has 0 saturated carbocycles. The number of carbonyl (C=O) groups excluding carboxylic acids is 1. The van der Waals surface area contributed by atoms with Gasteiger partial charge in [-0.3, -0.25) is 15.6 Å². The highest BCUT2D eigenvalue weighted by Crippen LogP contribution is 2.19. The summed E-state index contributed by atoms with van der Waals surface area (Å²) in [4.78, 5) is 17.1. The lowest BCUT2D eigenvalue weighted by atomic mass is 10.4. The van der Waals surface area contributed by atoms with Gasteiger partial charge in [0.25, 0.3) is 0 Å². The minimum absolute atomic E-state index is 0.177. The van der Waals surface area contributed by atoms with Crippen molar-refractivity contribution in [1.82, 2.24) is 21.2 Å². The lowest BCUT2D eigenvalue weighted by Crippen LogP contribution is -2.47. The highest BCUT2D eigenvalue weighted by atomic mass is 35.5. The van der Waals surface area contributed by atoms with E-state index in [2.05, 4.69) is 21.2 Å². The molecular formula is C15H17ClN4OS3. The summed E-state index contributed by atoms with van der Waals surface area (Å²) in [6.45, 7) is 2.58. The van der Waals surface area contributed by atoms with Crippen molar-refractivity contribution < 1.29 is 4.79 Å². The maximum atomic E-state index is 11.8. The van der Waals surface area contributed by atoms with E-state index in [-0.39, 0.29) is 12.3 Å². The molecule has 0 bridgehead atoms. The number of thiocarbonyl (C=S) groups is 1. The van der Waals surface area contributed by atoms with Gasteiger partial charge in [0.2, 0.25) is 5.91 Å². The number of carbonyl (C=O) groups is 1. The molecule has 3 N–H and O–H groups in total. The van der Waals surface area contributed by atoms with Crippen molar-refractivity contribution in [3.05, 3.63) is 45.4 Å². The van der Waals surface area contributed by atoms with E-state index in [0.717, 1.165) is 26.4 Å². The second kappa shape index (κ2) is 9.83. The van der Waals surface area contributed by atoms with Gasteiger partial charge in [0.1, 0.15) is 5.01 Å². The van der Waals surface area contributed by atoms with E-state index in [1.54, 1.807) is 11.8 Å². The summed E-state index contributed by atoms with van der Waals surface area (Å²) in [6, 6.07) is 7.68. The number of amides is 1. The molecule has 0 atom stereocenters. The smallest absolute Gasteiger partial charge is 0.245 e. The van der Waals surface area contributed by atoms with Crippen LogP contribution in [0.5, 0.6) is 0 Å². The second-order valence-corrected chi connectivity index (χ2v) is 7.75. The van der Waals surface area contributed by atoms with E-state index in [1.165, 1.54) is 11.3 Å². The molecule has 5 nitrogen and oxygen atoms in total. The average Bonchev–Trinajstić information content (AvgIpc) is 2.96. The van der Waals surface area contributed by atoms with Gasteiger partial charge in [-0.1, -0.05) is 11.6 Å². The topological polar surface area (TPSA) is 66.1 Å². The van der Waals surface area contributed by atoms with Gasteiger partial charge in [-0.05, 0) is 43.4 Å². The average molecular weight is 401 g/mol. The predicted molar refractivity (Wildman–Crippen MR) is 105 cm³/mol. The SMILES string of the molecule is Cc1csc(CC(=O)NNC(=S)NCCSc2ccc(Cl)cc2)n1. The van der Waals surface area contributed by atoms with Crippen molar-refractivity contribution in [2.75, 3.05) is 12.3 Å². The van der Waals surface area contributed by atoms with Crippen molar-refractivity contribution in [1.29, 1.82) is 0 Å². The van der Waals surface area contributed by atoms with Crippen molar-refractivity contribution in [2.45, 2.75) is 18.2 Å². The Morgan fingerprint density at radius 2 is 2.08 bits per heavy atom. The van der Waals surface area contributed by atoms with Gasteiger partial charge in [0.05, 0.1) is 6.42 Å². The lowest BCUT2D eigenvalue weighted by molar-refractivity contribution is -0.121. The number of rotatable bonds is 6. The van der Waals surface area contributed by atoms with Crippen LogP contribution in [0.2, 0.25) is 5.02 Å². The van der Waals surface area contributed by atoms with Crippen molar-refractivity contribution in [2.24, 2.45) is 0 Å². The Kier molecular flexibility index (Phi) is 7.77. The third-order valence-corrected chi connectivity index (χ3v) is 5.24. The molecule has 24 heavy (non-hydrogen) atoms. The molecule has 0 aliphatic rings. The van der Waals surface area contributed by atoms with E-state index < -0.39 is 0 Å². The normalized spacial score (nSPS) is 10.2. The van der Waals surface area contributed by atoms with Crippen molar-refractivity contribution in [3.63, 3.8) is 0 Å². The van der Waals surface area contributed by atoms with E-state index >= 15 is 0 Å². The maximum absolute atomic E-state index is 11.8. The Morgan fingerprint density at radius 3 is 2.75 bits per heavy atom. The number of benzene rings is 1. The molecule has 1 aromatic carbocycles. The predicted octanol–water partition coefficient (Wildman–Crippen LogP) is 2.94. The Labute approximate surface area is 159 Å². The first-order valence-corrected chi connectivity index (χ1v) is 9.80. The summed E-state index contributed by atoms with van der Waals surface area (Å²) < 4.78 is 0. The fourth-order valence-corrected chi connectivity index (χ4v) is 3.52. The van der Waals surface area contributed by atoms with Crippen LogP contribution in [-0.2, 0) is 11.2 Å². The third-order valence-electron chi connectivity index (χ3n) is 2.76. The summed E-state index contributed by atoms with van der Waals surface area (Å²) in [5, 5.41) is 6.85. The fourth-order valence-electron chi connectivity index (χ4n) is 1.70. The van der Waals surface area contributed by atoms with Gasteiger partial charge in [0, 0.05) is 33.3 Å². The fraction of sp³-hybridized carbons (Fsp3) is 0.267. The highest BCUT2D eigenvalue weighted by molar-refractivity contribution is 7.99. The molecule has 1 amide bonds. The number of hydrogen-bond acceptors (Lipinski definition) is 5. The second-order valence-electron chi connectivity index (χ2n) is 4.79. The van der Waals surface area contributed by atoms with Gasteiger partial charge < -0.3 is 5.32 Å². The number of thioether (sulfide) groups is 1. The minimum Gasteiger partial charge on any atom is -0.361 e. The molecule has 2 aromatic rings. The molecule has 128 valence electrons. The molecular weight excluding hydrogens is 384 g/mol. The van der Waals surface area contributed by atoms with E-state index in [1.807, 2.05) is 36.6 Å². The molecule has 0 unspecified atom stereocenters. The lowest BCUT2D eigenvalue weighted by Gasteiger charge is -2.11. The first-order chi connectivity index (χ1) is 11.5. The number of aromatic nitrogens is 1. The molecule has 9 heteroatoms. The standard InChI is InChI=1S/C15H17ClN4OS3/c1-10-9-24-14(18-10)8-13(21)19-20-15(22)17-6-7-23-12-4-2-11(16)3-5-12/h2-5,9H,6-8H2,1H3,(H,19,21)(H2,17,20,22). The Morgan fingerprint density at radius 1 is 1.33 bits per heavy atom. The summed E-state index contributed by atoms with van der Waals surface area (Å²) in [5.74, 6) is 0.666. The van der Waals surface area contributed by atoms with E-state index in [0.29, 0.717) is 11.7 Å². The number of hydrazine groups is 1. The number of halogens is 1. The summed E-state index contributed by atoms with van der Waals surface area (Å²) in [5.41, 5.74) is 6.17. The molecule has 0 fully saturated rings. The molecule has 0 aliphatic heterocycles. The zero-order chi connectivity index (χ0) is 17.4. The molecule has 1 aromatic heterocycles. The van der Waals surface area contributed by atoms with E-state index in [4.69, 9.17) is 23.8 Å². The summed E-state index contributed by atoms with van der Waals surface area (Å²) >= 11 is 14.1. The Bertz CT molecular complexity index is 690. The largest absolute Gasteiger partial charge is 0.361 e. The minimum atomic E-state index is -0.177. The number of hydrogen-bond donors (Lipinski definition) is 3. The van der Waals surface area contributed by atoms with Crippen LogP contribution >= 0.6 is 46.9 Å². The molecule has 0 saturated heterocycles. The Balaban J connectivity index is 1.57. The van der Waals surface area contributed by atoms with Crippen LogP contribution in [-0.4, -0.2) is 28.3 Å². The van der Waals surface area contributed by atoms with Crippen molar-refractivity contribution >= 4 is 57.9 Å².